The van der Waals surface area contributed by atoms with Gasteiger partial charge in [0.05, 0.1) is 30.2 Å². The van der Waals surface area contributed by atoms with Crippen LogP contribution < -0.4 is 4.90 Å². The highest BCUT2D eigenvalue weighted by Crippen LogP contribution is 2.30. The lowest BCUT2D eigenvalue weighted by atomic mass is 9.97. The zero-order valence-electron chi connectivity index (χ0n) is 17.5. The number of pyridine rings is 1. The molecule has 0 aliphatic carbocycles. The topological polar surface area (TPSA) is 67.9 Å². The van der Waals surface area contributed by atoms with E-state index in [9.17, 15) is 0 Å². The third kappa shape index (κ3) is 3.78. The van der Waals surface area contributed by atoms with E-state index in [1.165, 1.54) is 5.56 Å². The molecule has 0 bridgehead atoms. The number of fused-ring (bicyclic) bond motifs is 1. The summed E-state index contributed by atoms with van der Waals surface area (Å²) in [6.07, 6.45) is 3.61. The smallest absolute Gasteiger partial charge is 0.270 e. The molecule has 2 aromatic heterocycles. The molecule has 0 unspecified atom stereocenters. The van der Waals surface area contributed by atoms with Crippen LogP contribution in [0.3, 0.4) is 0 Å². The third-order valence-corrected chi connectivity index (χ3v) is 5.60. The molecular formula is C24H22N6O. The fraction of sp³-hybridized carbons (Fsp3) is 0.292. The van der Waals surface area contributed by atoms with Crippen LogP contribution in [0.1, 0.15) is 30.7 Å². The van der Waals surface area contributed by atoms with Crippen LogP contribution in [0.15, 0.2) is 53.9 Å². The first-order chi connectivity index (χ1) is 15.1. The van der Waals surface area contributed by atoms with Gasteiger partial charge in [0.1, 0.15) is 18.3 Å². The molecule has 2 atom stereocenters. The van der Waals surface area contributed by atoms with Crippen molar-refractivity contribution >= 4 is 17.3 Å². The van der Waals surface area contributed by atoms with Gasteiger partial charge in [0, 0.05) is 24.7 Å². The SMILES string of the molecule is [C-]#[N+]c1cc(-c2ccc3c(c2)C(c2cc(N4C[C@@H](C)O[C@@H](C)C4)ncn2)=NC3)ccn1. The Morgan fingerprint density at radius 1 is 1.00 bits per heavy atom. The summed E-state index contributed by atoms with van der Waals surface area (Å²) in [5, 5.41) is 0. The molecule has 7 nitrogen and oxygen atoms in total. The van der Waals surface area contributed by atoms with Gasteiger partial charge >= 0.3 is 0 Å². The first-order valence-corrected chi connectivity index (χ1v) is 10.3. The van der Waals surface area contributed by atoms with Crippen molar-refractivity contribution in [2.75, 3.05) is 18.0 Å². The first kappa shape index (κ1) is 19.3. The average Bonchev–Trinajstić information content (AvgIpc) is 3.22. The van der Waals surface area contributed by atoms with E-state index < -0.39 is 0 Å². The summed E-state index contributed by atoms with van der Waals surface area (Å²) in [6.45, 7) is 13.6. The molecule has 154 valence electrons. The van der Waals surface area contributed by atoms with Crippen molar-refractivity contribution in [2.24, 2.45) is 4.99 Å². The van der Waals surface area contributed by atoms with Crippen molar-refractivity contribution in [1.82, 2.24) is 15.0 Å². The van der Waals surface area contributed by atoms with Crippen molar-refractivity contribution in [1.29, 1.82) is 0 Å². The molecule has 0 saturated carbocycles. The molecule has 1 fully saturated rings. The number of nitrogens with zero attached hydrogens (tertiary/aromatic N) is 6. The minimum absolute atomic E-state index is 0.162. The Balaban J connectivity index is 1.48. The third-order valence-electron chi connectivity index (χ3n) is 5.60. The Kier molecular flexibility index (Phi) is 4.92. The highest BCUT2D eigenvalue weighted by molar-refractivity contribution is 6.14. The summed E-state index contributed by atoms with van der Waals surface area (Å²) in [6, 6.07) is 12.1. The Hall–Kier alpha value is -3.63. The maximum absolute atomic E-state index is 7.22. The van der Waals surface area contributed by atoms with Gasteiger partial charge in [-0.25, -0.2) is 9.97 Å². The van der Waals surface area contributed by atoms with Crippen molar-refractivity contribution in [3.05, 3.63) is 77.2 Å². The maximum atomic E-state index is 7.22. The molecular weight excluding hydrogens is 388 g/mol. The fourth-order valence-electron chi connectivity index (χ4n) is 4.26. The molecule has 2 aliphatic rings. The van der Waals surface area contributed by atoms with E-state index in [-0.39, 0.29) is 12.2 Å². The van der Waals surface area contributed by atoms with Crippen molar-refractivity contribution in [2.45, 2.75) is 32.6 Å². The van der Waals surface area contributed by atoms with E-state index >= 15 is 0 Å². The summed E-state index contributed by atoms with van der Waals surface area (Å²) in [5.41, 5.74) is 5.96. The monoisotopic (exact) mass is 410 g/mol. The number of ether oxygens (including phenoxy) is 1. The summed E-state index contributed by atoms with van der Waals surface area (Å²) in [4.78, 5) is 23.6. The van der Waals surface area contributed by atoms with E-state index in [0.717, 1.165) is 47.0 Å². The van der Waals surface area contributed by atoms with E-state index in [2.05, 4.69) is 56.7 Å². The fourth-order valence-corrected chi connectivity index (χ4v) is 4.26. The van der Waals surface area contributed by atoms with E-state index in [1.54, 1.807) is 12.5 Å². The normalized spacial score (nSPS) is 20.2. The molecule has 5 rings (SSSR count). The van der Waals surface area contributed by atoms with Crippen molar-refractivity contribution in [3.63, 3.8) is 0 Å². The summed E-state index contributed by atoms with van der Waals surface area (Å²) in [7, 11) is 0. The van der Waals surface area contributed by atoms with Crippen LogP contribution in [0.2, 0.25) is 0 Å². The molecule has 0 N–H and O–H groups in total. The molecule has 0 radical (unpaired) electrons. The van der Waals surface area contributed by atoms with E-state index in [0.29, 0.717) is 12.4 Å². The molecule has 2 aliphatic heterocycles. The van der Waals surface area contributed by atoms with Crippen LogP contribution in [0.4, 0.5) is 11.6 Å². The second kappa shape index (κ2) is 7.89. The largest absolute Gasteiger partial charge is 0.372 e. The van der Waals surface area contributed by atoms with Crippen molar-refractivity contribution in [3.8, 4) is 11.1 Å². The molecule has 0 spiro atoms. The molecule has 4 heterocycles. The molecule has 7 heteroatoms. The molecule has 0 amide bonds. The molecule has 1 saturated heterocycles. The highest BCUT2D eigenvalue weighted by Gasteiger charge is 2.25. The number of aliphatic imine (C=N–C) groups is 1. The van der Waals surface area contributed by atoms with Crippen LogP contribution >= 0.6 is 0 Å². The minimum atomic E-state index is 0.162. The van der Waals surface area contributed by atoms with Crippen LogP contribution in [0, 0.1) is 6.57 Å². The summed E-state index contributed by atoms with van der Waals surface area (Å²) < 4.78 is 5.85. The van der Waals surface area contributed by atoms with Gasteiger partial charge in [-0.3, -0.25) is 4.99 Å². The van der Waals surface area contributed by atoms with Gasteiger partial charge in [-0.2, -0.15) is 0 Å². The number of hydrogen-bond donors (Lipinski definition) is 0. The lowest BCUT2D eigenvalue weighted by Crippen LogP contribution is -2.45. The van der Waals surface area contributed by atoms with Crippen LogP contribution in [-0.4, -0.2) is 46.0 Å². The van der Waals surface area contributed by atoms with Gasteiger partial charge in [-0.05, 0) is 48.7 Å². The predicted molar refractivity (Wildman–Crippen MR) is 120 cm³/mol. The van der Waals surface area contributed by atoms with Gasteiger partial charge in [-0.1, -0.05) is 18.7 Å². The second-order valence-corrected chi connectivity index (χ2v) is 7.98. The molecule has 1 aromatic carbocycles. The van der Waals surface area contributed by atoms with Gasteiger partial charge in [0.25, 0.3) is 5.82 Å². The lowest BCUT2D eigenvalue weighted by Gasteiger charge is -2.36. The first-order valence-electron chi connectivity index (χ1n) is 10.3. The Bertz CT molecular complexity index is 1200. The van der Waals surface area contributed by atoms with Crippen LogP contribution in [-0.2, 0) is 11.3 Å². The van der Waals surface area contributed by atoms with E-state index in [1.807, 2.05) is 18.2 Å². The number of morpholine rings is 1. The zero-order valence-corrected chi connectivity index (χ0v) is 17.5. The van der Waals surface area contributed by atoms with Gasteiger partial charge in [0.15, 0.2) is 0 Å². The van der Waals surface area contributed by atoms with Crippen molar-refractivity contribution < 1.29 is 4.74 Å². The van der Waals surface area contributed by atoms with Crippen LogP contribution in [0.5, 0.6) is 0 Å². The number of aromatic nitrogens is 3. The van der Waals surface area contributed by atoms with Gasteiger partial charge < -0.3 is 14.5 Å². The number of rotatable bonds is 3. The number of benzene rings is 1. The van der Waals surface area contributed by atoms with Gasteiger partial charge in [0.2, 0.25) is 0 Å². The second-order valence-electron chi connectivity index (χ2n) is 7.98. The number of anilines is 1. The lowest BCUT2D eigenvalue weighted by molar-refractivity contribution is -0.00546. The average molecular weight is 410 g/mol. The Morgan fingerprint density at radius 3 is 2.61 bits per heavy atom. The zero-order chi connectivity index (χ0) is 21.4. The molecule has 31 heavy (non-hydrogen) atoms. The van der Waals surface area contributed by atoms with Gasteiger partial charge in [-0.15, -0.1) is 4.98 Å². The van der Waals surface area contributed by atoms with Crippen LogP contribution in [0.25, 0.3) is 16.0 Å². The standard InChI is InChI=1S/C24H22N6O/c1-15-12-30(13-16(2)31-15)23-10-21(28-14-29-23)24-20-8-17(4-5-19(20)11-27-24)18-6-7-26-22(9-18)25-3/h4-10,14-16H,11-13H2,1-2H3/t15-,16+. The Morgan fingerprint density at radius 2 is 1.81 bits per heavy atom. The quantitative estimate of drug-likeness (QED) is 0.609. The maximum Gasteiger partial charge on any atom is 0.270 e. The highest BCUT2D eigenvalue weighted by atomic mass is 16.5. The number of hydrogen-bond acceptors (Lipinski definition) is 6. The summed E-state index contributed by atoms with van der Waals surface area (Å²) in [5.74, 6) is 1.29. The minimum Gasteiger partial charge on any atom is -0.372 e. The van der Waals surface area contributed by atoms with E-state index in [4.69, 9.17) is 16.3 Å². The predicted octanol–water partition coefficient (Wildman–Crippen LogP) is 4.05. The molecule has 3 aromatic rings. The summed E-state index contributed by atoms with van der Waals surface area (Å²) >= 11 is 0. The Labute approximate surface area is 181 Å².